The predicted molar refractivity (Wildman–Crippen MR) is 88.8 cm³/mol. The third kappa shape index (κ3) is 3.01. The largest absolute Gasteiger partial charge is 0.465 e. The highest BCUT2D eigenvalue weighted by molar-refractivity contribution is 7.93. The van der Waals surface area contributed by atoms with Crippen LogP contribution in [0.1, 0.15) is 25.0 Å². The maximum absolute atomic E-state index is 13.2. The van der Waals surface area contributed by atoms with E-state index in [4.69, 9.17) is 4.74 Å². The number of hydrogen-bond donors (Lipinski definition) is 0. The summed E-state index contributed by atoms with van der Waals surface area (Å²) in [5.74, 6) is -0.772. The van der Waals surface area contributed by atoms with Crippen LogP contribution in [0.5, 0.6) is 0 Å². The summed E-state index contributed by atoms with van der Waals surface area (Å²) in [6.07, 6.45) is 0. The van der Waals surface area contributed by atoms with Crippen LogP contribution >= 0.6 is 0 Å². The van der Waals surface area contributed by atoms with Crippen molar-refractivity contribution < 1.29 is 17.9 Å². The number of rotatable bonds is 5. The molecule has 23 heavy (non-hydrogen) atoms. The van der Waals surface area contributed by atoms with Crippen LogP contribution in [0.15, 0.2) is 59.5 Å². The van der Waals surface area contributed by atoms with Gasteiger partial charge in [-0.2, -0.15) is 0 Å². The molecule has 5 heteroatoms. The smallest absolute Gasteiger partial charge is 0.332 e. The normalized spacial score (nSPS) is 14.0. The van der Waals surface area contributed by atoms with E-state index in [9.17, 15) is 13.2 Å². The molecule has 4 nitrogen and oxygen atoms in total. The van der Waals surface area contributed by atoms with Crippen molar-refractivity contribution >= 4 is 15.8 Å². The Morgan fingerprint density at radius 3 is 2.13 bits per heavy atom. The van der Waals surface area contributed by atoms with Crippen LogP contribution < -0.4 is 0 Å². The fourth-order valence-electron chi connectivity index (χ4n) is 2.36. The van der Waals surface area contributed by atoms with Gasteiger partial charge in [0.1, 0.15) is 0 Å². The van der Waals surface area contributed by atoms with Crippen molar-refractivity contribution in [1.29, 1.82) is 0 Å². The number of sulfone groups is 1. The van der Waals surface area contributed by atoms with E-state index in [2.05, 4.69) is 0 Å². The molecule has 2 aromatic carbocycles. The van der Waals surface area contributed by atoms with E-state index in [0.29, 0.717) is 5.56 Å². The van der Waals surface area contributed by atoms with Gasteiger partial charge in [0.2, 0.25) is 0 Å². The van der Waals surface area contributed by atoms with E-state index in [-0.39, 0.29) is 11.5 Å². The molecule has 0 unspecified atom stereocenters. The fraction of sp³-hybridized carbons (Fsp3) is 0.278. The summed E-state index contributed by atoms with van der Waals surface area (Å²) in [5, 5.41) is 0. The standard InChI is InChI=1S/C18H20O4S/c1-4-22-17(19)18(3,15-8-6-5-7-9-15)23(20,21)16-12-10-14(2)11-13-16/h5-13H,4H2,1-3H3/t18-/m0/s1. The van der Waals surface area contributed by atoms with Crippen molar-refractivity contribution in [3.8, 4) is 0 Å². The monoisotopic (exact) mass is 332 g/mol. The van der Waals surface area contributed by atoms with Crippen molar-refractivity contribution in [2.24, 2.45) is 0 Å². The van der Waals surface area contributed by atoms with Gasteiger partial charge in [0.15, 0.2) is 14.6 Å². The van der Waals surface area contributed by atoms with E-state index in [1.54, 1.807) is 49.4 Å². The third-order valence-corrected chi connectivity index (χ3v) is 6.23. The second kappa shape index (κ2) is 6.54. The first kappa shape index (κ1) is 17.2. The highest BCUT2D eigenvalue weighted by Crippen LogP contribution is 2.36. The van der Waals surface area contributed by atoms with Gasteiger partial charge in [-0.1, -0.05) is 48.0 Å². The molecule has 0 heterocycles. The van der Waals surface area contributed by atoms with Gasteiger partial charge in [0.05, 0.1) is 11.5 Å². The Morgan fingerprint density at radius 2 is 1.61 bits per heavy atom. The highest BCUT2D eigenvalue weighted by Gasteiger charge is 2.50. The lowest BCUT2D eigenvalue weighted by molar-refractivity contribution is -0.146. The van der Waals surface area contributed by atoms with Gasteiger partial charge in [-0.15, -0.1) is 0 Å². The first-order valence-corrected chi connectivity index (χ1v) is 8.86. The lowest BCUT2D eigenvalue weighted by Crippen LogP contribution is -2.42. The SMILES string of the molecule is CCOC(=O)[C@](C)(c1ccccc1)S(=O)(=O)c1ccc(C)cc1. The van der Waals surface area contributed by atoms with E-state index in [1.165, 1.54) is 19.1 Å². The molecule has 0 radical (unpaired) electrons. The summed E-state index contributed by atoms with van der Waals surface area (Å²) in [7, 11) is -3.97. The molecule has 0 saturated heterocycles. The maximum atomic E-state index is 13.2. The highest BCUT2D eigenvalue weighted by atomic mass is 32.2. The fourth-order valence-corrected chi connectivity index (χ4v) is 4.05. The zero-order valence-electron chi connectivity index (χ0n) is 13.4. The molecule has 0 aromatic heterocycles. The lowest BCUT2D eigenvalue weighted by atomic mass is 10.0. The molecule has 1 atom stereocenters. The Labute approximate surface area is 137 Å². The zero-order valence-corrected chi connectivity index (χ0v) is 14.3. The molecule has 0 aliphatic rings. The van der Waals surface area contributed by atoms with Gasteiger partial charge < -0.3 is 4.74 Å². The van der Waals surface area contributed by atoms with Gasteiger partial charge in [-0.3, -0.25) is 0 Å². The summed E-state index contributed by atoms with van der Waals surface area (Å²) in [6, 6.07) is 14.9. The van der Waals surface area contributed by atoms with Crippen molar-refractivity contribution in [1.82, 2.24) is 0 Å². The molecule has 0 aliphatic heterocycles. The van der Waals surface area contributed by atoms with Crippen LogP contribution in [0.25, 0.3) is 0 Å². The number of hydrogen-bond acceptors (Lipinski definition) is 4. The molecule has 0 saturated carbocycles. The van der Waals surface area contributed by atoms with Gasteiger partial charge in [0, 0.05) is 0 Å². The number of carbonyl (C=O) groups is 1. The Hall–Kier alpha value is -2.14. The number of aryl methyl sites for hydroxylation is 1. The molecule has 2 aromatic rings. The lowest BCUT2D eigenvalue weighted by Gasteiger charge is -2.27. The van der Waals surface area contributed by atoms with Crippen molar-refractivity contribution in [2.75, 3.05) is 6.61 Å². The van der Waals surface area contributed by atoms with Crippen LogP contribution in [0.2, 0.25) is 0 Å². The van der Waals surface area contributed by atoms with E-state index in [1.807, 2.05) is 6.92 Å². The molecule has 122 valence electrons. The minimum Gasteiger partial charge on any atom is -0.465 e. The minimum atomic E-state index is -3.97. The average molecular weight is 332 g/mol. The number of carbonyl (C=O) groups excluding carboxylic acids is 1. The van der Waals surface area contributed by atoms with E-state index >= 15 is 0 Å². The second-order valence-corrected chi connectivity index (χ2v) is 7.73. The van der Waals surface area contributed by atoms with E-state index < -0.39 is 20.6 Å². The topological polar surface area (TPSA) is 60.4 Å². The molecule has 0 amide bonds. The first-order valence-electron chi connectivity index (χ1n) is 7.38. The van der Waals surface area contributed by atoms with Gasteiger partial charge >= 0.3 is 5.97 Å². The molecular formula is C18H20O4S. The second-order valence-electron chi connectivity index (χ2n) is 5.44. The summed E-state index contributed by atoms with van der Waals surface area (Å²) < 4.78 is 29.6. The Balaban J connectivity index is 2.66. The van der Waals surface area contributed by atoms with Crippen molar-refractivity contribution in [3.05, 3.63) is 65.7 Å². The summed E-state index contributed by atoms with van der Waals surface area (Å²) in [4.78, 5) is 12.7. The first-order chi connectivity index (χ1) is 10.8. The van der Waals surface area contributed by atoms with Gasteiger partial charge in [0.25, 0.3) is 0 Å². The van der Waals surface area contributed by atoms with Gasteiger partial charge in [-0.25, -0.2) is 13.2 Å². The Bertz CT molecular complexity index is 780. The van der Waals surface area contributed by atoms with Crippen LogP contribution in [0, 0.1) is 6.92 Å². The average Bonchev–Trinajstić information content (AvgIpc) is 2.55. The quantitative estimate of drug-likeness (QED) is 0.789. The molecule has 0 aliphatic carbocycles. The molecule has 2 rings (SSSR count). The van der Waals surface area contributed by atoms with Crippen LogP contribution in [-0.4, -0.2) is 21.0 Å². The molecule has 0 fully saturated rings. The molecular weight excluding hydrogens is 312 g/mol. The Kier molecular flexibility index (Phi) is 4.90. The third-order valence-electron chi connectivity index (χ3n) is 3.86. The molecule has 0 N–H and O–H groups in total. The van der Waals surface area contributed by atoms with Crippen molar-refractivity contribution in [3.63, 3.8) is 0 Å². The van der Waals surface area contributed by atoms with Crippen LogP contribution in [0.4, 0.5) is 0 Å². The zero-order chi connectivity index (χ0) is 17.1. The summed E-state index contributed by atoms with van der Waals surface area (Å²) in [5.41, 5.74) is 1.33. The number of benzene rings is 2. The maximum Gasteiger partial charge on any atom is 0.332 e. The molecule has 0 spiro atoms. The minimum absolute atomic E-state index is 0.0995. The summed E-state index contributed by atoms with van der Waals surface area (Å²) in [6.45, 7) is 5.04. The van der Waals surface area contributed by atoms with Crippen molar-refractivity contribution in [2.45, 2.75) is 30.4 Å². The number of esters is 1. The predicted octanol–water partition coefficient (Wildman–Crippen LogP) is 3.25. The Morgan fingerprint density at radius 1 is 1.04 bits per heavy atom. The van der Waals surface area contributed by atoms with Crippen LogP contribution in [-0.2, 0) is 24.1 Å². The summed E-state index contributed by atoms with van der Waals surface area (Å²) >= 11 is 0. The number of ether oxygens (including phenoxy) is 1. The molecule has 0 bridgehead atoms. The van der Waals surface area contributed by atoms with Crippen LogP contribution in [0.3, 0.4) is 0 Å². The van der Waals surface area contributed by atoms with Gasteiger partial charge in [-0.05, 0) is 38.5 Å². The van der Waals surface area contributed by atoms with E-state index in [0.717, 1.165) is 5.56 Å².